The van der Waals surface area contributed by atoms with Crippen molar-refractivity contribution < 1.29 is 48.5 Å². The van der Waals surface area contributed by atoms with Gasteiger partial charge in [0.05, 0.1) is 23.2 Å². The number of nitrogens with zero attached hydrogens (tertiary/aromatic N) is 3. The van der Waals surface area contributed by atoms with E-state index in [4.69, 9.17) is 33.7 Å². The number of hydrogen-bond donors (Lipinski definition) is 2. The number of allylic oxidation sites excluding steroid dienone is 1. The summed E-state index contributed by atoms with van der Waals surface area (Å²) in [6.45, 7) is 4.77. The highest BCUT2D eigenvalue weighted by Gasteiger charge is 2.65. The van der Waals surface area contributed by atoms with E-state index in [-0.39, 0.29) is 75.5 Å². The first-order valence-electron chi connectivity index (χ1n) is 26.5. The molecule has 0 saturated heterocycles. The zero-order chi connectivity index (χ0) is 51.0. The van der Waals surface area contributed by atoms with E-state index in [1.165, 1.54) is 25.0 Å². The Morgan fingerprint density at radius 3 is 2.35 bits per heavy atom. The summed E-state index contributed by atoms with van der Waals surface area (Å²) in [5.41, 5.74) is 4.04. The van der Waals surface area contributed by atoms with Crippen LogP contribution in [0.2, 0.25) is 0 Å². The third kappa shape index (κ3) is 10.9. The smallest absolute Gasteiger partial charge is 0.269 e. The number of ether oxygens (including phenoxy) is 5. The van der Waals surface area contributed by atoms with Gasteiger partial charge >= 0.3 is 0 Å². The maximum absolute atomic E-state index is 15.5. The number of rotatable bonds is 23. The van der Waals surface area contributed by atoms with Crippen molar-refractivity contribution in [2.45, 2.75) is 114 Å². The lowest BCUT2D eigenvalue weighted by molar-refractivity contribution is -0.384. The van der Waals surface area contributed by atoms with Crippen LogP contribution >= 0.6 is 0 Å². The van der Waals surface area contributed by atoms with Gasteiger partial charge in [-0.3, -0.25) is 14.9 Å². The van der Waals surface area contributed by atoms with E-state index in [0.29, 0.717) is 65.2 Å². The monoisotopic (exact) mass is 1010 g/mol. The molecule has 14 nitrogen and oxygen atoms in total. The molecule has 2 N–H and O–H groups in total. The molecule has 2 heterocycles. The molecule has 6 atom stereocenters. The second-order valence-electron chi connectivity index (χ2n) is 20.5. The summed E-state index contributed by atoms with van der Waals surface area (Å²) in [4.78, 5) is 34.8. The fraction of sp³-hybridized carbons (Fsp3) is 0.433. The van der Waals surface area contributed by atoms with Gasteiger partial charge in [0, 0.05) is 56.2 Å². The highest BCUT2D eigenvalue weighted by molar-refractivity contribution is 6.03. The lowest BCUT2D eigenvalue weighted by Gasteiger charge is -2.60. The fourth-order valence-corrected chi connectivity index (χ4v) is 12.4. The van der Waals surface area contributed by atoms with Gasteiger partial charge in [0.25, 0.3) is 5.69 Å². The van der Waals surface area contributed by atoms with Gasteiger partial charge in [-0.1, -0.05) is 92.2 Å². The van der Waals surface area contributed by atoms with Gasteiger partial charge in [0.2, 0.25) is 18.5 Å². The molecule has 0 spiro atoms. The molecule has 14 heteroatoms. The third-order valence-corrected chi connectivity index (χ3v) is 15.9. The van der Waals surface area contributed by atoms with Crippen LogP contribution in [0.1, 0.15) is 106 Å². The first-order chi connectivity index (χ1) is 36.2. The van der Waals surface area contributed by atoms with Gasteiger partial charge in [0.1, 0.15) is 29.9 Å². The molecule has 5 aromatic rings. The van der Waals surface area contributed by atoms with E-state index in [9.17, 15) is 20.3 Å². The Hall–Kier alpha value is -6.74. The molecule has 5 aromatic carbocycles. The van der Waals surface area contributed by atoms with Gasteiger partial charge in [-0.2, -0.15) is 0 Å². The Morgan fingerprint density at radius 1 is 0.838 bits per heavy atom. The first-order valence-corrected chi connectivity index (χ1v) is 26.5. The van der Waals surface area contributed by atoms with Crippen LogP contribution in [0.3, 0.4) is 0 Å². The van der Waals surface area contributed by atoms with E-state index >= 15 is 4.79 Å². The van der Waals surface area contributed by atoms with E-state index in [1.54, 1.807) is 18.2 Å². The number of carbonyl (C=O) groups is 1. The normalized spacial score (nSPS) is 23.1. The first kappa shape index (κ1) is 50.8. The van der Waals surface area contributed by atoms with Gasteiger partial charge < -0.3 is 43.6 Å². The topological polar surface area (TPSA) is 172 Å². The number of fused-ring (bicyclic) bond motifs is 4. The van der Waals surface area contributed by atoms with Crippen LogP contribution in [-0.4, -0.2) is 70.1 Å². The molecule has 2 fully saturated rings. The quantitative estimate of drug-likeness (QED) is 0.0276. The maximum atomic E-state index is 15.5. The average Bonchev–Trinajstić information content (AvgIpc) is 4.13. The van der Waals surface area contributed by atoms with Crippen molar-refractivity contribution in [1.82, 2.24) is 4.90 Å². The van der Waals surface area contributed by atoms with Crippen LogP contribution < -0.4 is 18.9 Å². The van der Waals surface area contributed by atoms with Crippen molar-refractivity contribution in [1.29, 1.82) is 0 Å². The Kier molecular flexibility index (Phi) is 15.9. The minimum atomic E-state index is -1.47. The van der Waals surface area contributed by atoms with Crippen molar-refractivity contribution in [3.05, 3.63) is 154 Å². The molecule has 3 aliphatic carbocycles. The van der Waals surface area contributed by atoms with Crippen molar-refractivity contribution >= 4 is 28.1 Å². The van der Waals surface area contributed by atoms with Crippen LogP contribution in [0.15, 0.2) is 133 Å². The second-order valence-corrected chi connectivity index (χ2v) is 20.5. The van der Waals surface area contributed by atoms with Crippen molar-refractivity contribution in [3.63, 3.8) is 0 Å². The van der Waals surface area contributed by atoms with Crippen molar-refractivity contribution in [3.8, 4) is 28.7 Å². The van der Waals surface area contributed by atoms with Crippen molar-refractivity contribution in [2.24, 2.45) is 28.8 Å². The summed E-state index contributed by atoms with van der Waals surface area (Å²) >= 11 is 0. The minimum absolute atomic E-state index is 0.000624. The number of hydrogen-bond acceptors (Lipinski definition) is 12. The Labute approximate surface area is 432 Å². The average molecular weight is 1010 g/mol. The van der Waals surface area contributed by atoms with E-state index in [1.807, 2.05) is 59.5 Å². The Balaban J connectivity index is 1.14. The molecule has 6 unspecified atom stereocenters. The largest absolute Gasteiger partial charge is 0.459 e. The number of non-ortho nitro benzene ring substituents is 1. The Morgan fingerprint density at radius 2 is 1.57 bits per heavy atom. The molecule has 388 valence electrons. The Bertz CT molecular complexity index is 2860. The van der Waals surface area contributed by atoms with E-state index in [0.717, 1.165) is 72.4 Å². The molecule has 1 amide bonds. The molecular formula is C60H67N3O11. The molecule has 74 heavy (non-hydrogen) atoms. The van der Waals surface area contributed by atoms with Crippen LogP contribution in [0.25, 0.3) is 10.8 Å². The van der Waals surface area contributed by atoms with E-state index in [2.05, 4.69) is 36.9 Å². The summed E-state index contributed by atoms with van der Waals surface area (Å²) in [7, 11) is 0. The van der Waals surface area contributed by atoms with Crippen LogP contribution in [0, 0.1) is 33.8 Å². The van der Waals surface area contributed by atoms with Crippen LogP contribution in [0.4, 0.5) is 5.69 Å². The molecule has 0 radical (unpaired) electrons. The number of amides is 1. The van der Waals surface area contributed by atoms with E-state index < -0.39 is 22.7 Å². The standard InChI is InChI=1S/C60H67N3O11/c1-2-31-71-60-56(62(57(66)28-20-40-11-3-4-12-40)37-42-19-26-54-55(32-42)70-39-69-54)36-52(61-72-38-41-17-22-46(23-18-41)63(67)68)50-34-45(15-7-9-29-64)49(16-8-10-30-65)58(59(50)60)51-35-48(25-27-53(51)74-60)73-47-24-21-43-13-5-6-14-44(43)33-47/h2,5-6,13-14,17-19,21-27,32-35,40,45,49,56,58-59,64-65H,1,3-4,7-12,15-16,20,28-31,36-39H2. The number of nitro benzene ring substituents is 1. The highest BCUT2D eigenvalue weighted by Crippen LogP contribution is 2.62. The summed E-state index contributed by atoms with van der Waals surface area (Å²) < 4.78 is 33.2. The second kappa shape index (κ2) is 23.2. The summed E-state index contributed by atoms with van der Waals surface area (Å²) in [6.07, 6.45) is 14.3. The lowest BCUT2D eigenvalue weighted by atomic mass is 9.55. The molecule has 0 aromatic heterocycles. The van der Waals surface area contributed by atoms with Gasteiger partial charge in [-0.15, -0.1) is 6.58 Å². The van der Waals surface area contributed by atoms with Crippen LogP contribution in [-0.2, 0) is 27.5 Å². The summed E-state index contributed by atoms with van der Waals surface area (Å²) in [5.74, 6) is 1.40. The number of carbonyl (C=O) groups excluding carboxylic acids is 1. The molecule has 2 saturated carbocycles. The predicted octanol–water partition coefficient (Wildman–Crippen LogP) is 12.1. The zero-order valence-corrected chi connectivity index (χ0v) is 42.0. The fourth-order valence-electron chi connectivity index (χ4n) is 12.4. The summed E-state index contributed by atoms with van der Waals surface area (Å²) in [6, 6.07) is 31.6. The number of unbranched alkanes of at least 4 members (excludes halogenated alkanes) is 2. The predicted molar refractivity (Wildman–Crippen MR) is 281 cm³/mol. The highest BCUT2D eigenvalue weighted by atomic mass is 16.7. The SMILES string of the molecule is C=CCOC12Oc3ccc(Oc4ccc5ccccc5c4)cc3C3C(CCCCO)C(CCCCO)C=C(C(=NOCc4ccc([N+](=O)[O-])cc4)CC1N(Cc1ccc4c(c1)OCO4)C(=O)CCC1CCCC1)C32. The number of nitro groups is 1. The third-order valence-electron chi connectivity index (χ3n) is 15.9. The number of aliphatic hydroxyl groups is 2. The molecular weight excluding hydrogens is 939 g/mol. The lowest BCUT2D eigenvalue weighted by Crippen LogP contribution is -2.70. The maximum Gasteiger partial charge on any atom is 0.269 e. The van der Waals surface area contributed by atoms with Gasteiger partial charge in [-0.25, -0.2) is 0 Å². The number of oxime groups is 1. The molecule has 5 aliphatic rings. The molecule has 10 rings (SSSR count). The van der Waals surface area contributed by atoms with Crippen molar-refractivity contribution in [2.75, 3.05) is 26.6 Å². The molecule has 2 aliphatic heterocycles. The van der Waals surface area contributed by atoms with Gasteiger partial charge in [-0.05, 0) is 132 Å². The minimum Gasteiger partial charge on any atom is -0.459 e. The molecule has 0 bridgehead atoms. The number of aliphatic hydroxyl groups excluding tert-OH is 2. The van der Waals surface area contributed by atoms with Gasteiger partial charge in [0.15, 0.2) is 11.5 Å². The summed E-state index contributed by atoms with van der Waals surface area (Å²) in [5, 5.41) is 39.0. The zero-order valence-electron chi connectivity index (χ0n) is 42.0. The number of benzene rings is 5. The van der Waals surface area contributed by atoms with Crippen LogP contribution in [0.5, 0.6) is 28.7 Å².